The molecule has 4 heteroatoms. The fraction of sp³-hybridized carbons (Fsp3) is 0.750. The molecule has 0 atom stereocenters. The number of rotatable bonds is 6. The van der Waals surface area contributed by atoms with Crippen LogP contribution in [0.2, 0.25) is 0 Å². The second-order valence-corrected chi connectivity index (χ2v) is 5.12. The molecule has 0 unspecified atom stereocenters. The molecule has 1 rings (SSSR count). The van der Waals surface area contributed by atoms with Crippen LogP contribution in [0.5, 0.6) is 0 Å². The normalized spacial score (nSPS) is 12.4. The number of nitrogens with zero attached hydrogens (tertiary/aromatic N) is 3. The second-order valence-electron chi connectivity index (χ2n) is 5.12. The maximum Gasteiger partial charge on any atom is 0.0521 e. The molecule has 2 N–H and O–H groups in total. The lowest BCUT2D eigenvalue weighted by Gasteiger charge is -2.30. The summed E-state index contributed by atoms with van der Waals surface area (Å²) in [5.74, 6) is 0. The molecule has 0 saturated heterocycles. The highest BCUT2D eigenvalue weighted by molar-refractivity contribution is 4.99. The highest BCUT2D eigenvalue weighted by Crippen LogP contribution is 2.16. The van der Waals surface area contributed by atoms with Gasteiger partial charge in [-0.3, -0.25) is 9.58 Å². The molecule has 92 valence electrons. The Labute approximate surface area is 98.4 Å². The molecule has 0 aliphatic heterocycles. The summed E-state index contributed by atoms with van der Waals surface area (Å²) in [5.41, 5.74) is 7.19. The molecule has 0 aliphatic carbocycles. The average molecular weight is 224 g/mol. The summed E-state index contributed by atoms with van der Waals surface area (Å²) in [5, 5.41) is 4.19. The van der Waals surface area contributed by atoms with Crippen molar-refractivity contribution >= 4 is 0 Å². The molecule has 1 aromatic heterocycles. The van der Waals surface area contributed by atoms with Crippen LogP contribution in [0.4, 0.5) is 0 Å². The Bertz CT molecular complexity index is 317. The van der Waals surface area contributed by atoms with E-state index in [1.54, 1.807) is 0 Å². The van der Waals surface area contributed by atoms with Crippen LogP contribution in [-0.2, 0) is 13.6 Å². The molecule has 0 amide bonds. The van der Waals surface area contributed by atoms with Crippen molar-refractivity contribution in [1.29, 1.82) is 0 Å². The fourth-order valence-corrected chi connectivity index (χ4v) is 1.73. The van der Waals surface area contributed by atoms with Crippen molar-refractivity contribution in [2.45, 2.75) is 27.3 Å². The van der Waals surface area contributed by atoms with Gasteiger partial charge in [-0.15, -0.1) is 0 Å². The van der Waals surface area contributed by atoms with Crippen molar-refractivity contribution in [3.63, 3.8) is 0 Å². The molecule has 0 saturated carbocycles. The van der Waals surface area contributed by atoms with E-state index in [9.17, 15) is 0 Å². The lowest BCUT2D eigenvalue weighted by atomic mass is 9.93. The van der Waals surface area contributed by atoms with Crippen molar-refractivity contribution in [3.8, 4) is 0 Å². The molecular weight excluding hydrogens is 200 g/mol. The van der Waals surface area contributed by atoms with Gasteiger partial charge in [0.05, 0.1) is 5.69 Å². The van der Waals surface area contributed by atoms with Crippen molar-refractivity contribution in [3.05, 3.63) is 18.0 Å². The quantitative estimate of drug-likeness (QED) is 0.790. The van der Waals surface area contributed by atoms with E-state index in [1.807, 2.05) is 17.9 Å². The van der Waals surface area contributed by atoms with Gasteiger partial charge in [0.2, 0.25) is 0 Å². The predicted molar refractivity (Wildman–Crippen MR) is 67.0 cm³/mol. The van der Waals surface area contributed by atoms with E-state index in [0.29, 0.717) is 0 Å². The first-order valence-corrected chi connectivity index (χ1v) is 5.88. The van der Waals surface area contributed by atoms with Gasteiger partial charge in [0.25, 0.3) is 0 Å². The van der Waals surface area contributed by atoms with Gasteiger partial charge in [-0.1, -0.05) is 20.8 Å². The van der Waals surface area contributed by atoms with Gasteiger partial charge in [-0.2, -0.15) is 5.10 Å². The van der Waals surface area contributed by atoms with Crippen molar-refractivity contribution < 1.29 is 0 Å². The van der Waals surface area contributed by atoms with E-state index < -0.39 is 0 Å². The molecule has 0 aromatic carbocycles. The maximum atomic E-state index is 5.77. The smallest absolute Gasteiger partial charge is 0.0521 e. The molecular formula is C12H24N4. The van der Waals surface area contributed by atoms with E-state index in [2.05, 4.69) is 36.8 Å². The number of aromatic nitrogens is 2. The van der Waals surface area contributed by atoms with Crippen LogP contribution >= 0.6 is 0 Å². The first-order valence-electron chi connectivity index (χ1n) is 5.88. The number of hydrogen-bond donors (Lipinski definition) is 1. The molecule has 16 heavy (non-hydrogen) atoms. The van der Waals surface area contributed by atoms with Gasteiger partial charge >= 0.3 is 0 Å². The summed E-state index contributed by atoms with van der Waals surface area (Å²) >= 11 is 0. The Balaban J connectivity index is 2.59. The molecule has 4 nitrogen and oxygen atoms in total. The summed E-state index contributed by atoms with van der Waals surface area (Å²) in [4.78, 5) is 2.41. The van der Waals surface area contributed by atoms with Crippen LogP contribution in [0.25, 0.3) is 0 Å². The summed E-state index contributed by atoms with van der Waals surface area (Å²) < 4.78 is 1.93. The molecule has 1 aromatic rings. The highest BCUT2D eigenvalue weighted by atomic mass is 15.3. The van der Waals surface area contributed by atoms with E-state index in [1.165, 1.54) is 5.69 Å². The minimum Gasteiger partial charge on any atom is -0.330 e. The summed E-state index contributed by atoms with van der Waals surface area (Å²) in [6, 6.07) is 2.07. The largest absolute Gasteiger partial charge is 0.330 e. The summed E-state index contributed by atoms with van der Waals surface area (Å²) in [6.07, 6.45) is 1.84. The molecule has 0 aliphatic rings. The topological polar surface area (TPSA) is 47.1 Å². The van der Waals surface area contributed by atoms with Crippen LogP contribution in [0.15, 0.2) is 12.3 Å². The van der Waals surface area contributed by atoms with Crippen molar-refractivity contribution in [2.75, 3.05) is 19.6 Å². The van der Waals surface area contributed by atoms with Crippen LogP contribution in [0.1, 0.15) is 26.5 Å². The Morgan fingerprint density at radius 2 is 2.19 bits per heavy atom. The van der Waals surface area contributed by atoms with E-state index in [-0.39, 0.29) is 5.41 Å². The molecule has 0 fully saturated rings. The monoisotopic (exact) mass is 224 g/mol. The number of nitrogens with two attached hydrogens (primary N) is 1. The Kier molecular flexibility index (Phi) is 4.50. The Morgan fingerprint density at radius 3 is 2.62 bits per heavy atom. The zero-order valence-corrected chi connectivity index (χ0v) is 10.9. The zero-order valence-electron chi connectivity index (χ0n) is 10.9. The highest BCUT2D eigenvalue weighted by Gasteiger charge is 2.19. The van der Waals surface area contributed by atoms with Gasteiger partial charge in [-0.05, 0) is 24.6 Å². The Hall–Kier alpha value is -0.870. The average Bonchev–Trinajstić information content (AvgIpc) is 2.63. The second kappa shape index (κ2) is 5.46. The van der Waals surface area contributed by atoms with E-state index in [4.69, 9.17) is 5.73 Å². The zero-order chi connectivity index (χ0) is 12.2. The number of hydrogen-bond acceptors (Lipinski definition) is 3. The lowest BCUT2D eigenvalue weighted by molar-refractivity contribution is 0.180. The third-order valence-corrected chi connectivity index (χ3v) is 2.96. The molecule has 0 radical (unpaired) electrons. The van der Waals surface area contributed by atoms with E-state index in [0.717, 1.165) is 26.2 Å². The third kappa shape index (κ3) is 3.61. The maximum absolute atomic E-state index is 5.77. The lowest BCUT2D eigenvalue weighted by Crippen LogP contribution is -2.38. The van der Waals surface area contributed by atoms with Crippen LogP contribution < -0.4 is 5.73 Å². The SMILES string of the molecule is CCN(Cc1ccnn1C)CC(C)(C)CN. The van der Waals surface area contributed by atoms with Gasteiger partial charge in [0.15, 0.2) is 0 Å². The first kappa shape index (κ1) is 13.2. The van der Waals surface area contributed by atoms with Crippen LogP contribution in [0, 0.1) is 5.41 Å². The minimum absolute atomic E-state index is 0.175. The third-order valence-electron chi connectivity index (χ3n) is 2.96. The number of aryl methyl sites for hydroxylation is 1. The predicted octanol–water partition coefficient (Wildman–Crippen LogP) is 1.23. The minimum atomic E-state index is 0.175. The summed E-state index contributed by atoms with van der Waals surface area (Å²) in [7, 11) is 1.98. The van der Waals surface area contributed by atoms with Crippen molar-refractivity contribution in [1.82, 2.24) is 14.7 Å². The van der Waals surface area contributed by atoms with Crippen LogP contribution in [0.3, 0.4) is 0 Å². The first-order chi connectivity index (χ1) is 7.48. The van der Waals surface area contributed by atoms with Gasteiger partial charge in [-0.25, -0.2) is 0 Å². The fourth-order valence-electron chi connectivity index (χ4n) is 1.73. The van der Waals surface area contributed by atoms with Crippen molar-refractivity contribution in [2.24, 2.45) is 18.2 Å². The van der Waals surface area contributed by atoms with Crippen LogP contribution in [-0.4, -0.2) is 34.3 Å². The standard InChI is InChI=1S/C12H24N4/c1-5-16(10-12(2,3)9-13)8-11-6-7-14-15(11)4/h6-7H,5,8-10,13H2,1-4H3. The molecule has 0 bridgehead atoms. The van der Waals surface area contributed by atoms with Gasteiger partial charge < -0.3 is 5.73 Å². The summed E-state index contributed by atoms with van der Waals surface area (Å²) in [6.45, 7) is 10.3. The van der Waals surface area contributed by atoms with Gasteiger partial charge in [0, 0.05) is 26.3 Å². The van der Waals surface area contributed by atoms with E-state index >= 15 is 0 Å². The Morgan fingerprint density at radius 1 is 1.50 bits per heavy atom. The molecule has 1 heterocycles. The molecule has 0 spiro atoms. The van der Waals surface area contributed by atoms with Gasteiger partial charge in [0.1, 0.15) is 0 Å².